The summed E-state index contributed by atoms with van der Waals surface area (Å²) < 4.78 is 16.3. The summed E-state index contributed by atoms with van der Waals surface area (Å²) in [6.45, 7) is 5.23. The Bertz CT molecular complexity index is 765. The number of hydrogen-bond donors (Lipinski definition) is 0. The van der Waals surface area contributed by atoms with E-state index >= 15 is 0 Å². The van der Waals surface area contributed by atoms with Gasteiger partial charge in [-0.25, -0.2) is 0 Å². The zero-order valence-corrected chi connectivity index (χ0v) is 14.2. The average molecular weight is 343 g/mol. The molecule has 1 aromatic heterocycles. The van der Waals surface area contributed by atoms with Gasteiger partial charge in [0.1, 0.15) is 13.2 Å². The van der Waals surface area contributed by atoms with Crippen LogP contribution in [-0.4, -0.2) is 47.1 Å². The third-order valence-electron chi connectivity index (χ3n) is 4.71. The maximum Gasteiger partial charge on any atom is 0.240 e. The number of likely N-dealkylation sites (tertiary alicyclic amines) is 1. The molecule has 1 aromatic carbocycles. The number of hydrogen-bond acceptors (Lipinski definition) is 7. The standard InChI is InChI=1S/C18H21N3O4/c1-12-19-17(25-20-12)11-21-6-4-13(5-7-21)18(22)14-2-3-15-16(10-14)24-9-8-23-15/h2-3,10,13H,4-9,11H2,1H3. The van der Waals surface area contributed by atoms with Crippen LogP contribution in [0.5, 0.6) is 11.5 Å². The van der Waals surface area contributed by atoms with Crippen molar-refractivity contribution in [1.82, 2.24) is 15.0 Å². The van der Waals surface area contributed by atoms with Gasteiger partial charge in [0.25, 0.3) is 0 Å². The Kier molecular flexibility index (Phi) is 4.40. The van der Waals surface area contributed by atoms with E-state index in [-0.39, 0.29) is 11.7 Å². The zero-order chi connectivity index (χ0) is 17.2. The molecule has 1 fully saturated rings. The fraction of sp³-hybridized carbons (Fsp3) is 0.500. The highest BCUT2D eigenvalue weighted by Crippen LogP contribution is 2.32. The Labute approximate surface area is 145 Å². The number of aryl methyl sites for hydroxylation is 1. The summed E-state index contributed by atoms with van der Waals surface area (Å²) in [4.78, 5) is 19.3. The Morgan fingerprint density at radius 1 is 1.20 bits per heavy atom. The molecule has 3 heterocycles. The van der Waals surface area contributed by atoms with Gasteiger partial charge < -0.3 is 14.0 Å². The minimum absolute atomic E-state index is 0.0447. The SMILES string of the molecule is Cc1noc(CN2CCC(C(=O)c3ccc4c(c3)OCCO4)CC2)n1. The number of fused-ring (bicyclic) bond motifs is 1. The molecule has 0 N–H and O–H groups in total. The Morgan fingerprint density at radius 3 is 2.68 bits per heavy atom. The molecule has 2 aliphatic heterocycles. The predicted molar refractivity (Wildman–Crippen MR) is 88.8 cm³/mol. The van der Waals surface area contributed by atoms with Gasteiger partial charge in [-0.2, -0.15) is 4.98 Å². The third-order valence-corrected chi connectivity index (χ3v) is 4.71. The maximum atomic E-state index is 12.8. The van der Waals surface area contributed by atoms with E-state index < -0.39 is 0 Å². The van der Waals surface area contributed by atoms with Gasteiger partial charge in [0.15, 0.2) is 23.1 Å². The highest BCUT2D eigenvalue weighted by atomic mass is 16.6. The van der Waals surface area contributed by atoms with Crippen LogP contribution < -0.4 is 9.47 Å². The molecule has 1 saturated heterocycles. The molecule has 132 valence electrons. The lowest BCUT2D eigenvalue weighted by atomic mass is 9.88. The third kappa shape index (κ3) is 3.51. The van der Waals surface area contributed by atoms with Crippen LogP contribution in [0.3, 0.4) is 0 Å². The number of nitrogens with zero attached hydrogens (tertiary/aromatic N) is 3. The predicted octanol–water partition coefficient (Wildman–Crippen LogP) is 2.24. The quantitative estimate of drug-likeness (QED) is 0.788. The van der Waals surface area contributed by atoms with E-state index in [0.29, 0.717) is 48.5 Å². The first-order valence-electron chi connectivity index (χ1n) is 8.64. The number of carbonyl (C=O) groups excluding carboxylic acids is 1. The number of Topliss-reactive ketones (excluding diaryl/α,β-unsaturated/α-hetero) is 1. The number of ketones is 1. The van der Waals surface area contributed by atoms with Crippen molar-refractivity contribution in [2.75, 3.05) is 26.3 Å². The van der Waals surface area contributed by atoms with Gasteiger partial charge in [0, 0.05) is 11.5 Å². The van der Waals surface area contributed by atoms with E-state index in [1.54, 1.807) is 0 Å². The van der Waals surface area contributed by atoms with Crippen molar-refractivity contribution in [3.8, 4) is 11.5 Å². The van der Waals surface area contributed by atoms with Crippen LogP contribution in [0, 0.1) is 12.8 Å². The zero-order valence-electron chi connectivity index (χ0n) is 14.2. The summed E-state index contributed by atoms with van der Waals surface area (Å²) >= 11 is 0. The van der Waals surface area contributed by atoms with Gasteiger partial charge in [0.05, 0.1) is 6.54 Å². The molecule has 0 saturated carbocycles. The van der Waals surface area contributed by atoms with E-state index in [2.05, 4.69) is 15.0 Å². The molecule has 2 aromatic rings. The van der Waals surface area contributed by atoms with Gasteiger partial charge in [-0.05, 0) is 51.1 Å². The van der Waals surface area contributed by atoms with Crippen molar-refractivity contribution in [2.45, 2.75) is 26.3 Å². The molecule has 0 spiro atoms. The summed E-state index contributed by atoms with van der Waals surface area (Å²) in [6, 6.07) is 5.47. The lowest BCUT2D eigenvalue weighted by Crippen LogP contribution is -2.36. The molecule has 7 nitrogen and oxygen atoms in total. The molecule has 2 aliphatic rings. The molecule has 7 heteroatoms. The number of carbonyl (C=O) groups is 1. The Morgan fingerprint density at radius 2 is 1.96 bits per heavy atom. The second-order valence-corrected chi connectivity index (χ2v) is 6.51. The van der Waals surface area contributed by atoms with Crippen molar-refractivity contribution in [2.24, 2.45) is 5.92 Å². The van der Waals surface area contributed by atoms with Gasteiger partial charge in [0.2, 0.25) is 5.89 Å². The molecule has 4 rings (SSSR count). The van der Waals surface area contributed by atoms with E-state index in [1.807, 2.05) is 25.1 Å². The monoisotopic (exact) mass is 343 g/mol. The smallest absolute Gasteiger partial charge is 0.240 e. The molecular weight excluding hydrogens is 322 g/mol. The first-order valence-corrected chi connectivity index (χ1v) is 8.64. The van der Waals surface area contributed by atoms with E-state index in [1.165, 1.54) is 0 Å². The maximum absolute atomic E-state index is 12.8. The van der Waals surface area contributed by atoms with Gasteiger partial charge in [-0.1, -0.05) is 5.16 Å². The molecule has 0 radical (unpaired) electrons. The van der Waals surface area contributed by atoms with Crippen molar-refractivity contribution < 1.29 is 18.8 Å². The molecular formula is C18H21N3O4. The van der Waals surface area contributed by atoms with Gasteiger partial charge >= 0.3 is 0 Å². The number of ether oxygens (including phenoxy) is 2. The van der Waals surface area contributed by atoms with Crippen molar-refractivity contribution in [1.29, 1.82) is 0 Å². The lowest BCUT2D eigenvalue weighted by molar-refractivity contribution is 0.0824. The second-order valence-electron chi connectivity index (χ2n) is 6.51. The topological polar surface area (TPSA) is 77.7 Å². The van der Waals surface area contributed by atoms with Crippen LogP contribution in [0.1, 0.15) is 34.9 Å². The lowest BCUT2D eigenvalue weighted by Gasteiger charge is -2.30. The molecule has 0 bridgehead atoms. The molecule has 0 unspecified atom stereocenters. The van der Waals surface area contributed by atoms with Crippen LogP contribution in [0.15, 0.2) is 22.7 Å². The normalized spacial score (nSPS) is 18.3. The first-order chi connectivity index (χ1) is 12.2. The van der Waals surface area contributed by atoms with Crippen molar-refractivity contribution in [3.05, 3.63) is 35.5 Å². The van der Waals surface area contributed by atoms with Crippen molar-refractivity contribution >= 4 is 5.78 Å². The summed E-state index contributed by atoms with van der Waals surface area (Å²) in [5, 5.41) is 3.81. The minimum Gasteiger partial charge on any atom is -0.486 e. The van der Waals surface area contributed by atoms with E-state index in [9.17, 15) is 4.79 Å². The largest absolute Gasteiger partial charge is 0.486 e. The molecule has 0 amide bonds. The summed E-state index contributed by atoms with van der Waals surface area (Å²) in [6.07, 6.45) is 1.67. The fourth-order valence-electron chi connectivity index (χ4n) is 3.38. The van der Waals surface area contributed by atoms with Crippen LogP contribution in [0.2, 0.25) is 0 Å². The fourth-order valence-corrected chi connectivity index (χ4v) is 3.38. The number of rotatable bonds is 4. The van der Waals surface area contributed by atoms with Crippen molar-refractivity contribution in [3.63, 3.8) is 0 Å². The number of aromatic nitrogens is 2. The van der Waals surface area contributed by atoms with Gasteiger partial charge in [-0.15, -0.1) is 0 Å². The van der Waals surface area contributed by atoms with E-state index in [4.69, 9.17) is 14.0 Å². The minimum atomic E-state index is 0.0447. The highest BCUT2D eigenvalue weighted by molar-refractivity contribution is 5.98. The van der Waals surface area contributed by atoms with Gasteiger partial charge in [-0.3, -0.25) is 9.69 Å². The Balaban J connectivity index is 1.36. The Hall–Kier alpha value is -2.41. The summed E-state index contributed by atoms with van der Waals surface area (Å²) in [7, 11) is 0. The van der Waals surface area contributed by atoms with Crippen LogP contribution in [-0.2, 0) is 6.54 Å². The van der Waals surface area contributed by atoms with Crippen LogP contribution >= 0.6 is 0 Å². The summed E-state index contributed by atoms with van der Waals surface area (Å²) in [5.74, 6) is 2.90. The highest BCUT2D eigenvalue weighted by Gasteiger charge is 2.27. The van der Waals surface area contributed by atoms with Crippen LogP contribution in [0.4, 0.5) is 0 Å². The van der Waals surface area contributed by atoms with Crippen LogP contribution in [0.25, 0.3) is 0 Å². The average Bonchev–Trinajstić information content (AvgIpc) is 3.06. The number of benzene rings is 1. The molecule has 0 atom stereocenters. The number of piperidine rings is 1. The second kappa shape index (κ2) is 6.84. The molecule has 0 aliphatic carbocycles. The van der Waals surface area contributed by atoms with E-state index in [0.717, 1.165) is 25.9 Å². The summed E-state index contributed by atoms with van der Waals surface area (Å²) in [5.41, 5.74) is 0.704. The first kappa shape index (κ1) is 16.1. The molecule has 25 heavy (non-hydrogen) atoms.